The van der Waals surface area contributed by atoms with Gasteiger partial charge in [-0.1, -0.05) is 78.9 Å². The van der Waals surface area contributed by atoms with Crippen LogP contribution < -0.4 is 0 Å². The van der Waals surface area contributed by atoms with E-state index in [0.717, 1.165) is 44.3 Å². The van der Waals surface area contributed by atoms with E-state index in [2.05, 4.69) is 103 Å². The second-order valence-electron chi connectivity index (χ2n) is 8.16. The Morgan fingerprint density at radius 3 is 2.16 bits per heavy atom. The molecule has 0 fully saturated rings. The molecule has 152 valence electrons. The van der Waals surface area contributed by atoms with E-state index in [1.165, 1.54) is 16.7 Å². The molecule has 0 aliphatic carbocycles. The number of aromatic nitrogens is 1. The largest absolute Gasteiger partial charge is 0.455 e. The van der Waals surface area contributed by atoms with Crippen molar-refractivity contribution in [3.05, 3.63) is 115 Å². The van der Waals surface area contributed by atoms with Gasteiger partial charge in [-0.2, -0.15) is 0 Å². The molecule has 6 aromatic rings. The van der Waals surface area contributed by atoms with Crippen LogP contribution in [0.4, 0.5) is 0 Å². The Bertz CT molecular complexity index is 1560. The Morgan fingerprint density at radius 2 is 1.34 bits per heavy atom. The van der Waals surface area contributed by atoms with Crippen molar-refractivity contribution in [1.29, 1.82) is 0 Å². The van der Waals surface area contributed by atoms with Crippen molar-refractivity contribution in [1.82, 2.24) is 4.98 Å². The first kappa shape index (κ1) is 18.6. The van der Waals surface area contributed by atoms with Crippen molar-refractivity contribution in [3.8, 4) is 33.5 Å². The zero-order valence-corrected chi connectivity index (χ0v) is 17.7. The van der Waals surface area contributed by atoms with Crippen LogP contribution in [-0.4, -0.2) is 4.98 Å². The summed E-state index contributed by atoms with van der Waals surface area (Å²) in [6.45, 7) is 2.08. The van der Waals surface area contributed by atoms with Crippen LogP contribution in [0.15, 0.2) is 114 Å². The van der Waals surface area contributed by atoms with Gasteiger partial charge >= 0.3 is 0 Å². The zero-order valence-electron chi connectivity index (χ0n) is 17.7. The molecular formula is C30H21NO. The monoisotopic (exact) mass is 411 g/mol. The van der Waals surface area contributed by atoms with E-state index in [0.29, 0.717) is 0 Å². The summed E-state index contributed by atoms with van der Waals surface area (Å²) in [5.74, 6) is 0. The van der Waals surface area contributed by atoms with E-state index >= 15 is 0 Å². The first-order valence-electron chi connectivity index (χ1n) is 10.8. The van der Waals surface area contributed by atoms with Gasteiger partial charge in [-0.25, -0.2) is 0 Å². The summed E-state index contributed by atoms with van der Waals surface area (Å²) in [6.07, 6.45) is 1.85. The molecule has 32 heavy (non-hydrogen) atoms. The maximum absolute atomic E-state index is 6.42. The summed E-state index contributed by atoms with van der Waals surface area (Å²) < 4.78 is 6.42. The Kier molecular flexibility index (Phi) is 4.36. The summed E-state index contributed by atoms with van der Waals surface area (Å²) in [4.78, 5) is 4.53. The van der Waals surface area contributed by atoms with Gasteiger partial charge in [-0.15, -0.1) is 0 Å². The third-order valence-corrected chi connectivity index (χ3v) is 6.01. The fraction of sp³-hybridized carbons (Fsp3) is 0.0333. The average molecular weight is 412 g/mol. The number of nitrogens with zero attached hydrogens (tertiary/aromatic N) is 1. The number of pyridine rings is 1. The number of rotatable bonds is 3. The van der Waals surface area contributed by atoms with E-state index in [1.54, 1.807) is 0 Å². The van der Waals surface area contributed by atoms with Gasteiger partial charge in [0, 0.05) is 28.1 Å². The number of benzene rings is 4. The topological polar surface area (TPSA) is 26.0 Å². The summed E-state index contributed by atoms with van der Waals surface area (Å²) in [5.41, 5.74) is 9.71. The third-order valence-electron chi connectivity index (χ3n) is 6.01. The maximum atomic E-state index is 6.42. The lowest BCUT2D eigenvalue weighted by molar-refractivity contribution is 0.670. The second-order valence-corrected chi connectivity index (χ2v) is 8.16. The second kappa shape index (κ2) is 7.51. The molecular weight excluding hydrogens is 390 g/mol. The molecule has 0 saturated heterocycles. The predicted molar refractivity (Wildman–Crippen MR) is 133 cm³/mol. The number of fused-ring (bicyclic) bond motifs is 3. The predicted octanol–water partition coefficient (Wildman–Crippen LogP) is 8.29. The molecule has 2 heterocycles. The Balaban J connectivity index is 1.46. The highest BCUT2D eigenvalue weighted by molar-refractivity contribution is 6.10. The van der Waals surface area contributed by atoms with Crippen LogP contribution in [0.25, 0.3) is 55.4 Å². The lowest BCUT2D eigenvalue weighted by Crippen LogP contribution is -1.83. The van der Waals surface area contributed by atoms with Gasteiger partial charge in [0.05, 0.1) is 5.69 Å². The van der Waals surface area contributed by atoms with E-state index in [4.69, 9.17) is 4.42 Å². The number of para-hydroxylation sites is 1. The number of aryl methyl sites for hydroxylation is 1. The van der Waals surface area contributed by atoms with E-state index < -0.39 is 0 Å². The molecule has 0 radical (unpaired) electrons. The van der Waals surface area contributed by atoms with Crippen molar-refractivity contribution in [3.63, 3.8) is 0 Å². The fourth-order valence-corrected chi connectivity index (χ4v) is 4.35. The zero-order chi connectivity index (χ0) is 21.5. The van der Waals surface area contributed by atoms with Gasteiger partial charge in [0.2, 0.25) is 0 Å². The van der Waals surface area contributed by atoms with Gasteiger partial charge < -0.3 is 4.42 Å². The average Bonchev–Trinajstić information content (AvgIpc) is 3.23. The smallest absolute Gasteiger partial charge is 0.143 e. The quantitative estimate of drug-likeness (QED) is 0.293. The molecule has 0 bridgehead atoms. The van der Waals surface area contributed by atoms with Crippen molar-refractivity contribution in [2.24, 2.45) is 0 Å². The Morgan fingerprint density at radius 1 is 0.594 bits per heavy atom. The molecule has 0 N–H and O–H groups in total. The normalized spacial score (nSPS) is 11.3. The molecule has 2 aromatic heterocycles. The molecule has 0 aliphatic heterocycles. The first-order chi connectivity index (χ1) is 15.8. The van der Waals surface area contributed by atoms with Crippen LogP contribution in [-0.2, 0) is 0 Å². The van der Waals surface area contributed by atoms with Gasteiger partial charge in [0.15, 0.2) is 0 Å². The molecule has 0 saturated carbocycles. The molecule has 4 aromatic carbocycles. The van der Waals surface area contributed by atoms with Crippen molar-refractivity contribution < 1.29 is 4.42 Å². The molecule has 2 nitrogen and oxygen atoms in total. The summed E-state index contributed by atoms with van der Waals surface area (Å²) in [6, 6.07) is 36.0. The van der Waals surface area contributed by atoms with Crippen molar-refractivity contribution in [2.75, 3.05) is 0 Å². The summed E-state index contributed by atoms with van der Waals surface area (Å²) >= 11 is 0. The van der Waals surface area contributed by atoms with Crippen LogP contribution in [0, 0.1) is 6.92 Å². The van der Waals surface area contributed by atoms with Crippen LogP contribution in [0.2, 0.25) is 0 Å². The summed E-state index contributed by atoms with van der Waals surface area (Å²) in [7, 11) is 0. The number of hydrogen-bond acceptors (Lipinski definition) is 2. The minimum atomic E-state index is 0.883. The van der Waals surface area contributed by atoms with Crippen molar-refractivity contribution >= 4 is 21.9 Å². The highest BCUT2D eigenvalue weighted by Crippen LogP contribution is 2.37. The lowest BCUT2D eigenvalue weighted by atomic mass is 9.98. The standard InChI is InChI=1S/C30H21NO/c1-20-16-17-31-28(18-20)24-14-15-26-27-9-5-8-25(30(27)32-29(26)19-24)23-12-10-22(11-13-23)21-6-3-2-4-7-21/h2-19H,1H3. The van der Waals surface area contributed by atoms with Gasteiger partial charge in [0.1, 0.15) is 11.2 Å². The third kappa shape index (κ3) is 3.17. The molecule has 0 unspecified atom stereocenters. The van der Waals surface area contributed by atoms with Crippen LogP contribution in [0.3, 0.4) is 0 Å². The van der Waals surface area contributed by atoms with E-state index in [9.17, 15) is 0 Å². The Labute approximate surface area is 186 Å². The molecule has 2 heteroatoms. The van der Waals surface area contributed by atoms with Gasteiger partial charge in [-0.3, -0.25) is 4.98 Å². The molecule has 0 amide bonds. The SMILES string of the molecule is Cc1ccnc(-c2ccc3c(c2)oc2c(-c4ccc(-c5ccccc5)cc4)cccc23)c1. The molecule has 6 rings (SSSR count). The minimum absolute atomic E-state index is 0.883. The lowest BCUT2D eigenvalue weighted by Gasteiger charge is -2.05. The van der Waals surface area contributed by atoms with Gasteiger partial charge in [-0.05, 0) is 53.4 Å². The highest BCUT2D eigenvalue weighted by atomic mass is 16.3. The van der Waals surface area contributed by atoms with Crippen molar-refractivity contribution in [2.45, 2.75) is 6.92 Å². The van der Waals surface area contributed by atoms with Crippen LogP contribution in [0.5, 0.6) is 0 Å². The highest BCUT2D eigenvalue weighted by Gasteiger charge is 2.13. The van der Waals surface area contributed by atoms with Crippen LogP contribution >= 0.6 is 0 Å². The molecule has 0 spiro atoms. The molecule has 0 atom stereocenters. The van der Waals surface area contributed by atoms with E-state index in [1.807, 2.05) is 18.3 Å². The van der Waals surface area contributed by atoms with E-state index in [-0.39, 0.29) is 0 Å². The van der Waals surface area contributed by atoms with Gasteiger partial charge in [0.25, 0.3) is 0 Å². The number of hydrogen-bond donors (Lipinski definition) is 0. The number of furan rings is 1. The minimum Gasteiger partial charge on any atom is -0.455 e. The first-order valence-corrected chi connectivity index (χ1v) is 10.8. The maximum Gasteiger partial charge on any atom is 0.143 e. The molecule has 0 aliphatic rings. The fourth-order valence-electron chi connectivity index (χ4n) is 4.35. The summed E-state index contributed by atoms with van der Waals surface area (Å²) in [5, 5.41) is 2.26. The van der Waals surface area contributed by atoms with Crippen LogP contribution in [0.1, 0.15) is 5.56 Å². The Hall–Kier alpha value is -4.17.